The van der Waals surface area contributed by atoms with Gasteiger partial charge >= 0.3 is 6.03 Å². The maximum absolute atomic E-state index is 12.9. The van der Waals surface area contributed by atoms with E-state index in [-0.39, 0.29) is 22.9 Å². The highest BCUT2D eigenvalue weighted by Crippen LogP contribution is 2.26. The number of urea groups is 1. The molecule has 0 radical (unpaired) electrons. The van der Waals surface area contributed by atoms with Crippen molar-refractivity contribution < 1.29 is 9.59 Å². The summed E-state index contributed by atoms with van der Waals surface area (Å²) in [4.78, 5) is 29.1. The Balaban J connectivity index is 3.11. The van der Waals surface area contributed by atoms with Gasteiger partial charge in [0.15, 0.2) is 0 Å². The summed E-state index contributed by atoms with van der Waals surface area (Å²) < 4.78 is 0. The van der Waals surface area contributed by atoms with Crippen LogP contribution in [0.3, 0.4) is 0 Å². The number of rotatable bonds is 7. The minimum Gasteiger partial charge on any atom is -0.377 e. The van der Waals surface area contributed by atoms with Crippen molar-refractivity contribution in [3.05, 3.63) is 23.8 Å². The van der Waals surface area contributed by atoms with Crippen molar-refractivity contribution in [2.24, 2.45) is 5.41 Å². The van der Waals surface area contributed by atoms with Gasteiger partial charge in [-0.15, -0.1) is 0 Å². The van der Waals surface area contributed by atoms with E-state index >= 15 is 0 Å². The van der Waals surface area contributed by atoms with Crippen LogP contribution in [0.15, 0.2) is 18.2 Å². The van der Waals surface area contributed by atoms with E-state index in [9.17, 15) is 9.59 Å². The lowest BCUT2D eigenvalue weighted by molar-refractivity contribution is -0.133. The van der Waals surface area contributed by atoms with Crippen LogP contribution in [-0.4, -0.2) is 43.0 Å². The molecule has 6 nitrogen and oxygen atoms in total. The van der Waals surface area contributed by atoms with Crippen LogP contribution < -0.4 is 15.5 Å². The van der Waals surface area contributed by atoms with Gasteiger partial charge in [0.25, 0.3) is 0 Å². The number of hydrogen-bond acceptors (Lipinski definition) is 3. The quantitative estimate of drug-likeness (QED) is 0.683. The molecule has 29 heavy (non-hydrogen) atoms. The Bertz CT molecular complexity index is 700. The molecule has 0 aromatic heterocycles. The maximum Gasteiger partial charge on any atom is 0.319 e. The Labute approximate surface area is 177 Å². The summed E-state index contributed by atoms with van der Waals surface area (Å²) in [6, 6.07) is 5.60. The van der Waals surface area contributed by atoms with E-state index in [0.29, 0.717) is 25.2 Å². The number of nitrogens with one attached hydrogen (secondary N) is 2. The zero-order valence-corrected chi connectivity index (χ0v) is 19.8. The Morgan fingerprint density at radius 3 is 2.14 bits per heavy atom. The van der Waals surface area contributed by atoms with Gasteiger partial charge in [0.1, 0.15) is 0 Å². The van der Waals surface area contributed by atoms with E-state index in [1.165, 1.54) is 0 Å². The lowest BCUT2D eigenvalue weighted by Crippen LogP contribution is -2.43. The fourth-order valence-corrected chi connectivity index (χ4v) is 3.06. The second-order valence-corrected chi connectivity index (χ2v) is 10.1. The van der Waals surface area contributed by atoms with Crippen LogP contribution in [0.5, 0.6) is 0 Å². The fraction of sp³-hybridized carbons (Fsp3) is 0.652. The van der Waals surface area contributed by atoms with Crippen LogP contribution in [0.1, 0.15) is 66.9 Å². The molecule has 0 aliphatic heterocycles. The number of carbonyl (C=O) groups is 2. The smallest absolute Gasteiger partial charge is 0.319 e. The Morgan fingerprint density at radius 2 is 1.66 bits per heavy atom. The van der Waals surface area contributed by atoms with Crippen molar-refractivity contribution in [3.8, 4) is 0 Å². The van der Waals surface area contributed by atoms with Gasteiger partial charge in [-0.2, -0.15) is 0 Å². The first kappa shape index (κ1) is 24.8. The standard InChI is InChI=1S/C23H40N4O2/c1-10-13-27(20(28)15-22(2,3)4)16-17-14-18(11-12-19(17)26(8)9)24-21(29)25-23(5,6)7/h11-12,14H,10,13,15-16H2,1-9H3,(H2,24,25,29). The molecule has 0 bridgehead atoms. The van der Waals surface area contributed by atoms with Crippen LogP contribution in [0.4, 0.5) is 16.2 Å². The van der Waals surface area contributed by atoms with E-state index in [1.807, 2.05) is 62.9 Å². The van der Waals surface area contributed by atoms with Gasteiger partial charge in [-0.1, -0.05) is 27.7 Å². The molecular formula is C23H40N4O2. The minimum atomic E-state index is -0.312. The summed E-state index contributed by atoms with van der Waals surface area (Å²) in [6.45, 7) is 15.4. The van der Waals surface area contributed by atoms with Crippen molar-refractivity contribution in [1.29, 1.82) is 0 Å². The molecule has 0 heterocycles. The van der Waals surface area contributed by atoms with Crippen molar-refractivity contribution in [3.63, 3.8) is 0 Å². The minimum absolute atomic E-state index is 0.0537. The SMILES string of the molecule is CCCN(Cc1cc(NC(=O)NC(C)(C)C)ccc1N(C)C)C(=O)CC(C)(C)C. The summed E-state index contributed by atoms with van der Waals surface area (Å²) in [7, 11) is 3.97. The third-order valence-corrected chi connectivity index (χ3v) is 4.20. The summed E-state index contributed by atoms with van der Waals surface area (Å²) in [5, 5.41) is 5.81. The van der Waals surface area contributed by atoms with E-state index in [2.05, 4.69) is 38.3 Å². The maximum atomic E-state index is 12.9. The molecule has 1 aromatic rings. The highest BCUT2D eigenvalue weighted by atomic mass is 16.2. The largest absolute Gasteiger partial charge is 0.377 e. The normalized spacial score (nSPS) is 11.8. The first-order chi connectivity index (χ1) is 13.2. The molecule has 0 aliphatic carbocycles. The Hall–Kier alpha value is -2.24. The molecule has 0 unspecified atom stereocenters. The van der Waals surface area contributed by atoms with Gasteiger partial charge in [0, 0.05) is 50.5 Å². The molecule has 0 atom stereocenters. The van der Waals surface area contributed by atoms with E-state index in [1.54, 1.807) is 0 Å². The molecule has 0 saturated carbocycles. The number of carbonyl (C=O) groups excluding carboxylic acids is 2. The lowest BCUT2D eigenvalue weighted by Gasteiger charge is -2.29. The van der Waals surface area contributed by atoms with Crippen molar-refractivity contribution in [2.45, 2.75) is 73.4 Å². The first-order valence-corrected chi connectivity index (χ1v) is 10.4. The van der Waals surface area contributed by atoms with Crippen LogP contribution in [-0.2, 0) is 11.3 Å². The molecule has 1 aromatic carbocycles. The highest BCUT2D eigenvalue weighted by molar-refractivity contribution is 5.90. The average Bonchev–Trinajstić information content (AvgIpc) is 2.50. The Kier molecular flexibility index (Phi) is 8.54. The monoisotopic (exact) mass is 404 g/mol. The van der Waals surface area contributed by atoms with E-state index < -0.39 is 0 Å². The van der Waals surface area contributed by atoms with Crippen molar-refractivity contribution >= 4 is 23.3 Å². The van der Waals surface area contributed by atoms with E-state index in [0.717, 1.165) is 17.7 Å². The predicted octanol–water partition coefficient (Wildman–Crippen LogP) is 4.85. The summed E-state index contributed by atoms with van der Waals surface area (Å²) in [5.41, 5.74) is 2.40. The number of amides is 3. The molecule has 164 valence electrons. The molecule has 1 rings (SSSR count). The summed E-state index contributed by atoms with van der Waals surface area (Å²) in [5.74, 6) is 0.160. The fourth-order valence-electron chi connectivity index (χ4n) is 3.06. The highest BCUT2D eigenvalue weighted by Gasteiger charge is 2.22. The third-order valence-electron chi connectivity index (χ3n) is 4.20. The third kappa shape index (κ3) is 9.20. The van der Waals surface area contributed by atoms with Gasteiger partial charge in [-0.3, -0.25) is 4.79 Å². The first-order valence-electron chi connectivity index (χ1n) is 10.4. The van der Waals surface area contributed by atoms with Crippen LogP contribution in [0.25, 0.3) is 0 Å². The van der Waals surface area contributed by atoms with Gasteiger partial charge in [-0.25, -0.2) is 4.79 Å². The van der Waals surface area contributed by atoms with Gasteiger partial charge in [-0.05, 0) is 56.4 Å². The van der Waals surface area contributed by atoms with Crippen LogP contribution >= 0.6 is 0 Å². The molecule has 0 aliphatic rings. The number of hydrogen-bond donors (Lipinski definition) is 2. The molecule has 0 fully saturated rings. The van der Waals surface area contributed by atoms with Crippen molar-refractivity contribution in [2.75, 3.05) is 30.9 Å². The van der Waals surface area contributed by atoms with E-state index in [4.69, 9.17) is 0 Å². The van der Waals surface area contributed by atoms with Crippen LogP contribution in [0.2, 0.25) is 0 Å². The molecule has 3 amide bonds. The zero-order chi connectivity index (χ0) is 22.4. The molecular weight excluding hydrogens is 364 g/mol. The topological polar surface area (TPSA) is 64.7 Å². The average molecular weight is 405 g/mol. The molecule has 6 heteroatoms. The molecule has 2 N–H and O–H groups in total. The van der Waals surface area contributed by atoms with Gasteiger partial charge in [0.2, 0.25) is 5.91 Å². The van der Waals surface area contributed by atoms with Crippen molar-refractivity contribution in [1.82, 2.24) is 10.2 Å². The lowest BCUT2D eigenvalue weighted by atomic mass is 9.91. The zero-order valence-electron chi connectivity index (χ0n) is 19.8. The summed E-state index contributed by atoms with van der Waals surface area (Å²) >= 11 is 0. The molecule has 0 saturated heterocycles. The number of nitrogens with zero attached hydrogens (tertiary/aromatic N) is 2. The van der Waals surface area contributed by atoms with Crippen LogP contribution in [0, 0.1) is 5.41 Å². The molecule has 0 spiro atoms. The number of benzene rings is 1. The second-order valence-electron chi connectivity index (χ2n) is 10.1. The van der Waals surface area contributed by atoms with Gasteiger partial charge in [0.05, 0.1) is 0 Å². The van der Waals surface area contributed by atoms with Gasteiger partial charge < -0.3 is 20.4 Å². The number of anilines is 2. The summed E-state index contributed by atoms with van der Waals surface area (Å²) in [6.07, 6.45) is 1.41. The predicted molar refractivity (Wildman–Crippen MR) is 122 cm³/mol. The Morgan fingerprint density at radius 1 is 1.03 bits per heavy atom. The second kappa shape index (κ2) is 9.99.